The molecule has 1 aromatic rings. The van der Waals surface area contributed by atoms with Crippen molar-refractivity contribution in [3.8, 4) is 5.75 Å². The Morgan fingerprint density at radius 3 is 2.71 bits per heavy atom. The molecule has 0 amide bonds. The maximum Gasteiger partial charge on any atom is 0.126 e. The minimum Gasteiger partial charge on any atom is -0.496 e. The Bertz CT molecular complexity index is 367. The Morgan fingerprint density at radius 1 is 1.35 bits per heavy atom. The topological polar surface area (TPSA) is 29.5 Å². The molecule has 0 saturated heterocycles. The van der Waals surface area contributed by atoms with E-state index >= 15 is 0 Å². The zero-order chi connectivity index (χ0) is 12.7. The van der Waals surface area contributed by atoms with Gasteiger partial charge in [-0.15, -0.1) is 0 Å². The summed E-state index contributed by atoms with van der Waals surface area (Å²) in [4.78, 5) is 0. The minimum atomic E-state index is 0.244. The van der Waals surface area contributed by atoms with Crippen molar-refractivity contribution in [3.63, 3.8) is 0 Å². The van der Waals surface area contributed by atoms with Crippen LogP contribution < -0.4 is 4.74 Å². The molecule has 94 valence electrons. The average molecular weight is 234 g/mol. The quantitative estimate of drug-likeness (QED) is 0.762. The lowest BCUT2D eigenvalue weighted by Gasteiger charge is -2.10. The molecule has 0 aliphatic carbocycles. The van der Waals surface area contributed by atoms with Gasteiger partial charge in [-0.25, -0.2) is 0 Å². The average Bonchev–Trinajstić information content (AvgIpc) is 2.34. The van der Waals surface area contributed by atoms with Gasteiger partial charge in [0.25, 0.3) is 0 Å². The van der Waals surface area contributed by atoms with Crippen LogP contribution in [0.1, 0.15) is 43.7 Å². The summed E-state index contributed by atoms with van der Waals surface area (Å²) in [6.07, 6.45) is 5.85. The third kappa shape index (κ3) is 4.23. The van der Waals surface area contributed by atoms with Gasteiger partial charge in [-0.3, -0.25) is 0 Å². The smallest absolute Gasteiger partial charge is 0.126 e. The Labute approximate surface area is 104 Å². The normalized spacial score (nSPS) is 11.4. The summed E-state index contributed by atoms with van der Waals surface area (Å²) in [5.74, 6) is 1.42. The molecule has 0 saturated carbocycles. The third-order valence-corrected chi connectivity index (χ3v) is 2.75. The first-order chi connectivity index (χ1) is 8.19. The SMILES string of the molecule is COc1ccc(C(C)C)cc1/C=C/CCCO. The Hall–Kier alpha value is -1.28. The molecule has 0 radical (unpaired) electrons. The molecule has 1 aromatic carbocycles. The number of aliphatic hydroxyl groups is 1. The Kier molecular flexibility index (Phi) is 5.78. The molecule has 1 rings (SSSR count). The molecule has 0 spiro atoms. The summed E-state index contributed by atoms with van der Waals surface area (Å²) in [6.45, 7) is 4.61. The second-order valence-corrected chi connectivity index (χ2v) is 4.42. The van der Waals surface area contributed by atoms with Gasteiger partial charge in [-0.05, 0) is 36.5 Å². The predicted octanol–water partition coefficient (Wildman–Crippen LogP) is 3.60. The van der Waals surface area contributed by atoms with Gasteiger partial charge < -0.3 is 9.84 Å². The molecule has 0 heterocycles. The zero-order valence-corrected chi connectivity index (χ0v) is 10.9. The van der Waals surface area contributed by atoms with Gasteiger partial charge >= 0.3 is 0 Å². The molecule has 1 N–H and O–H groups in total. The van der Waals surface area contributed by atoms with Crippen LogP contribution in [0.25, 0.3) is 6.08 Å². The highest BCUT2D eigenvalue weighted by Gasteiger charge is 2.04. The number of allylic oxidation sites excluding steroid dienone is 1. The molecule has 0 aromatic heterocycles. The van der Waals surface area contributed by atoms with Gasteiger partial charge in [0.2, 0.25) is 0 Å². The minimum absolute atomic E-state index is 0.244. The molecule has 0 aliphatic heterocycles. The van der Waals surface area contributed by atoms with Gasteiger partial charge in [0, 0.05) is 12.2 Å². The number of aliphatic hydroxyl groups excluding tert-OH is 1. The van der Waals surface area contributed by atoms with E-state index in [0.717, 1.165) is 24.2 Å². The molecule has 0 bridgehead atoms. The molecule has 2 nitrogen and oxygen atoms in total. The fourth-order valence-electron chi connectivity index (χ4n) is 1.66. The summed E-state index contributed by atoms with van der Waals surface area (Å²) in [5, 5.41) is 8.72. The van der Waals surface area contributed by atoms with Crippen LogP contribution in [0.2, 0.25) is 0 Å². The van der Waals surface area contributed by atoms with Gasteiger partial charge in [0.1, 0.15) is 5.75 Å². The van der Waals surface area contributed by atoms with E-state index in [4.69, 9.17) is 9.84 Å². The summed E-state index contributed by atoms with van der Waals surface area (Å²) in [7, 11) is 1.69. The first-order valence-electron chi connectivity index (χ1n) is 6.14. The van der Waals surface area contributed by atoms with Gasteiger partial charge in [0.05, 0.1) is 7.11 Å². The number of hydrogen-bond donors (Lipinski definition) is 1. The van der Waals surface area contributed by atoms with E-state index in [9.17, 15) is 0 Å². The van der Waals surface area contributed by atoms with Crippen LogP contribution in [0.15, 0.2) is 24.3 Å². The van der Waals surface area contributed by atoms with E-state index in [0.29, 0.717) is 5.92 Å². The lowest BCUT2D eigenvalue weighted by molar-refractivity contribution is 0.290. The number of hydrogen-bond acceptors (Lipinski definition) is 2. The van der Waals surface area contributed by atoms with Crippen LogP contribution in [0.3, 0.4) is 0 Å². The molecular formula is C15H22O2. The predicted molar refractivity (Wildman–Crippen MR) is 72.4 cm³/mol. The Balaban J connectivity index is 2.86. The van der Waals surface area contributed by atoms with E-state index in [1.165, 1.54) is 5.56 Å². The molecule has 0 fully saturated rings. The monoisotopic (exact) mass is 234 g/mol. The van der Waals surface area contributed by atoms with E-state index in [-0.39, 0.29) is 6.61 Å². The van der Waals surface area contributed by atoms with Crippen LogP contribution >= 0.6 is 0 Å². The van der Waals surface area contributed by atoms with Crippen molar-refractivity contribution >= 4 is 6.08 Å². The lowest BCUT2D eigenvalue weighted by atomic mass is 10.00. The number of benzene rings is 1. The number of methoxy groups -OCH3 is 1. The maximum absolute atomic E-state index is 8.72. The van der Waals surface area contributed by atoms with E-state index < -0.39 is 0 Å². The largest absolute Gasteiger partial charge is 0.496 e. The van der Waals surface area contributed by atoms with Crippen LogP contribution in [-0.4, -0.2) is 18.8 Å². The van der Waals surface area contributed by atoms with Crippen molar-refractivity contribution in [1.82, 2.24) is 0 Å². The first kappa shape index (κ1) is 13.8. The fourth-order valence-corrected chi connectivity index (χ4v) is 1.66. The molecular weight excluding hydrogens is 212 g/mol. The van der Waals surface area contributed by atoms with Crippen molar-refractivity contribution in [2.75, 3.05) is 13.7 Å². The molecule has 0 aliphatic rings. The summed E-state index contributed by atoms with van der Waals surface area (Å²) >= 11 is 0. The molecule has 17 heavy (non-hydrogen) atoms. The third-order valence-electron chi connectivity index (χ3n) is 2.75. The lowest BCUT2D eigenvalue weighted by Crippen LogP contribution is -1.92. The van der Waals surface area contributed by atoms with Crippen LogP contribution in [-0.2, 0) is 0 Å². The summed E-state index contributed by atoms with van der Waals surface area (Å²) in [6, 6.07) is 6.29. The zero-order valence-electron chi connectivity index (χ0n) is 10.9. The van der Waals surface area contributed by atoms with Crippen molar-refractivity contribution in [2.24, 2.45) is 0 Å². The van der Waals surface area contributed by atoms with Crippen molar-refractivity contribution < 1.29 is 9.84 Å². The number of rotatable bonds is 6. The second-order valence-electron chi connectivity index (χ2n) is 4.42. The van der Waals surface area contributed by atoms with E-state index in [1.807, 2.05) is 6.07 Å². The molecule has 0 atom stereocenters. The summed E-state index contributed by atoms with van der Waals surface area (Å²) < 4.78 is 5.34. The highest BCUT2D eigenvalue weighted by Crippen LogP contribution is 2.25. The van der Waals surface area contributed by atoms with E-state index in [2.05, 4.69) is 38.1 Å². The summed E-state index contributed by atoms with van der Waals surface area (Å²) in [5.41, 5.74) is 2.42. The second kappa shape index (κ2) is 7.13. The highest BCUT2D eigenvalue weighted by molar-refractivity contribution is 5.58. The van der Waals surface area contributed by atoms with Gasteiger partial charge in [-0.1, -0.05) is 32.1 Å². The standard InChI is InChI=1S/C15H22O2/c1-12(2)13-8-9-15(17-3)14(11-13)7-5-4-6-10-16/h5,7-9,11-12,16H,4,6,10H2,1-3H3/b7-5+. The maximum atomic E-state index is 8.72. The van der Waals surface area contributed by atoms with Crippen LogP contribution in [0, 0.1) is 0 Å². The van der Waals surface area contributed by atoms with Crippen molar-refractivity contribution in [2.45, 2.75) is 32.6 Å². The van der Waals surface area contributed by atoms with E-state index in [1.54, 1.807) is 7.11 Å². The highest BCUT2D eigenvalue weighted by atomic mass is 16.5. The Morgan fingerprint density at radius 2 is 2.12 bits per heavy atom. The van der Waals surface area contributed by atoms with Crippen LogP contribution in [0.5, 0.6) is 5.75 Å². The first-order valence-corrected chi connectivity index (χ1v) is 6.14. The molecule has 2 heteroatoms. The molecule has 0 unspecified atom stereocenters. The fraction of sp³-hybridized carbons (Fsp3) is 0.467. The van der Waals surface area contributed by atoms with Crippen LogP contribution in [0.4, 0.5) is 0 Å². The van der Waals surface area contributed by atoms with Gasteiger partial charge in [0.15, 0.2) is 0 Å². The number of ether oxygens (including phenoxy) is 1. The van der Waals surface area contributed by atoms with Crippen molar-refractivity contribution in [3.05, 3.63) is 35.4 Å². The van der Waals surface area contributed by atoms with Crippen molar-refractivity contribution in [1.29, 1.82) is 0 Å². The number of unbranched alkanes of at least 4 members (excludes halogenated alkanes) is 1. The van der Waals surface area contributed by atoms with Gasteiger partial charge in [-0.2, -0.15) is 0 Å².